The fourth-order valence-electron chi connectivity index (χ4n) is 0.960. The molecule has 0 amide bonds. The van der Waals surface area contributed by atoms with Crippen LogP contribution in [0.2, 0.25) is 0 Å². The van der Waals surface area contributed by atoms with Gasteiger partial charge in [-0.25, -0.2) is 0 Å². The van der Waals surface area contributed by atoms with Crippen LogP contribution >= 0.6 is 0 Å². The van der Waals surface area contributed by atoms with Crippen molar-refractivity contribution in [2.24, 2.45) is 10.7 Å². The molecule has 4 N–H and O–H groups in total. The third-order valence-electron chi connectivity index (χ3n) is 1.71. The normalized spacial score (nSPS) is 11.4. The van der Waals surface area contributed by atoms with E-state index in [0.717, 1.165) is 12.8 Å². The number of rotatable bonds is 7. The van der Waals surface area contributed by atoms with Gasteiger partial charge in [0.2, 0.25) is 0 Å². The smallest absolute Gasteiger partial charge is 0.322 e. The number of hydrogen-bond donors (Lipinski definition) is 3. The molecule has 0 aliphatic heterocycles. The van der Waals surface area contributed by atoms with Crippen molar-refractivity contribution >= 4 is 11.9 Å². The largest absolute Gasteiger partial charge is 0.480 e. The highest BCUT2D eigenvalue weighted by atomic mass is 16.4. The van der Waals surface area contributed by atoms with Crippen molar-refractivity contribution in [3.05, 3.63) is 0 Å². The molecule has 5 nitrogen and oxygen atoms in total. The average molecular weight is 201 g/mol. The van der Waals surface area contributed by atoms with Crippen LogP contribution in [0, 0.1) is 0 Å². The van der Waals surface area contributed by atoms with Gasteiger partial charge in [0.1, 0.15) is 6.54 Å². The van der Waals surface area contributed by atoms with E-state index < -0.39 is 5.97 Å². The molecule has 0 radical (unpaired) electrons. The molecule has 0 bridgehead atoms. The summed E-state index contributed by atoms with van der Waals surface area (Å²) < 4.78 is 0. The summed E-state index contributed by atoms with van der Waals surface area (Å²) in [5.41, 5.74) is 5.41. The zero-order valence-corrected chi connectivity index (χ0v) is 8.62. The molecule has 0 aromatic rings. The summed E-state index contributed by atoms with van der Waals surface area (Å²) in [5, 5.41) is 10.8. The van der Waals surface area contributed by atoms with Crippen molar-refractivity contribution in [3.63, 3.8) is 0 Å². The second kappa shape index (κ2) is 8.34. The molecular formula is C9H19N3O2. The van der Waals surface area contributed by atoms with Crippen molar-refractivity contribution in [2.75, 3.05) is 13.1 Å². The Morgan fingerprint density at radius 2 is 2.14 bits per heavy atom. The van der Waals surface area contributed by atoms with E-state index in [2.05, 4.69) is 17.2 Å². The molecule has 0 aromatic heterocycles. The van der Waals surface area contributed by atoms with Gasteiger partial charge in [-0.15, -0.1) is 0 Å². The summed E-state index contributed by atoms with van der Waals surface area (Å²) >= 11 is 0. The van der Waals surface area contributed by atoms with Gasteiger partial charge in [0.05, 0.1) is 0 Å². The van der Waals surface area contributed by atoms with Crippen LogP contribution < -0.4 is 11.1 Å². The van der Waals surface area contributed by atoms with Gasteiger partial charge < -0.3 is 16.2 Å². The minimum Gasteiger partial charge on any atom is -0.480 e. The predicted octanol–water partition coefficient (Wildman–Crippen LogP) is 0.556. The first-order valence-corrected chi connectivity index (χ1v) is 4.92. The Morgan fingerprint density at radius 3 is 2.71 bits per heavy atom. The van der Waals surface area contributed by atoms with Crippen LogP contribution in [0.3, 0.4) is 0 Å². The Bertz CT molecular complexity index is 192. The van der Waals surface area contributed by atoms with Gasteiger partial charge in [-0.3, -0.25) is 9.79 Å². The Hall–Kier alpha value is -1.26. The van der Waals surface area contributed by atoms with E-state index in [-0.39, 0.29) is 12.5 Å². The molecule has 0 aliphatic carbocycles. The summed E-state index contributed by atoms with van der Waals surface area (Å²) in [7, 11) is 0. The summed E-state index contributed by atoms with van der Waals surface area (Å²) in [6.45, 7) is 2.63. The second-order valence-corrected chi connectivity index (χ2v) is 3.07. The van der Waals surface area contributed by atoms with Crippen molar-refractivity contribution in [1.82, 2.24) is 5.32 Å². The standard InChI is InChI=1S/C9H19N3O2/c1-2-3-4-5-6-11-9(10)12-7-8(13)14/h2-7H2,1H3,(H,13,14)(H3,10,11,12). The number of nitrogens with zero attached hydrogens (tertiary/aromatic N) is 1. The van der Waals surface area contributed by atoms with Crippen LogP contribution in [-0.2, 0) is 4.79 Å². The van der Waals surface area contributed by atoms with Gasteiger partial charge in [0.15, 0.2) is 5.96 Å². The highest BCUT2D eigenvalue weighted by Gasteiger charge is 1.96. The van der Waals surface area contributed by atoms with Gasteiger partial charge in [-0.1, -0.05) is 26.2 Å². The van der Waals surface area contributed by atoms with E-state index in [1.165, 1.54) is 12.8 Å². The Morgan fingerprint density at radius 1 is 1.43 bits per heavy atom. The molecule has 14 heavy (non-hydrogen) atoms. The summed E-state index contributed by atoms with van der Waals surface area (Å²) in [5.74, 6) is -0.724. The number of aliphatic carboxylic acids is 1. The maximum absolute atomic E-state index is 10.1. The van der Waals surface area contributed by atoms with E-state index in [0.29, 0.717) is 6.54 Å². The fraction of sp³-hybridized carbons (Fsp3) is 0.778. The first kappa shape index (κ1) is 12.7. The maximum atomic E-state index is 10.1. The lowest BCUT2D eigenvalue weighted by molar-refractivity contribution is -0.135. The molecule has 0 aliphatic rings. The van der Waals surface area contributed by atoms with Crippen LogP contribution in [-0.4, -0.2) is 30.1 Å². The van der Waals surface area contributed by atoms with Gasteiger partial charge in [0, 0.05) is 6.54 Å². The van der Waals surface area contributed by atoms with E-state index in [4.69, 9.17) is 10.8 Å². The van der Waals surface area contributed by atoms with Gasteiger partial charge in [-0.05, 0) is 6.42 Å². The zero-order chi connectivity index (χ0) is 10.8. The number of carbonyl (C=O) groups is 1. The third-order valence-corrected chi connectivity index (χ3v) is 1.71. The summed E-state index contributed by atoms with van der Waals surface area (Å²) in [6.07, 6.45) is 4.55. The minimum absolute atomic E-state index is 0.176. The van der Waals surface area contributed by atoms with Crippen molar-refractivity contribution in [1.29, 1.82) is 0 Å². The second-order valence-electron chi connectivity index (χ2n) is 3.07. The van der Waals surface area contributed by atoms with Crippen LogP contribution in [0.5, 0.6) is 0 Å². The minimum atomic E-state index is -0.936. The van der Waals surface area contributed by atoms with E-state index in [1.54, 1.807) is 0 Å². The van der Waals surface area contributed by atoms with Crippen molar-refractivity contribution < 1.29 is 9.90 Å². The molecule has 0 atom stereocenters. The summed E-state index contributed by atoms with van der Waals surface area (Å²) in [6, 6.07) is 0. The lowest BCUT2D eigenvalue weighted by atomic mass is 10.2. The average Bonchev–Trinajstić information content (AvgIpc) is 2.14. The first-order chi connectivity index (χ1) is 6.66. The predicted molar refractivity (Wildman–Crippen MR) is 56.3 cm³/mol. The van der Waals surface area contributed by atoms with E-state index in [9.17, 15) is 4.79 Å². The van der Waals surface area contributed by atoms with Gasteiger partial charge >= 0.3 is 5.97 Å². The monoisotopic (exact) mass is 201 g/mol. The third kappa shape index (κ3) is 8.83. The highest BCUT2D eigenvalue weighted by molar-refractivity contribution is 5.82. The number of aliphatic imine (C=N–C) groups is 1. The van der Waals surface area contributed by atoms with Crippen LogP contribution in [0.1, 0.15) is 32.6 Å². The van der Waals surface area contributed by atoms with Crippen molar-refractivity contribution in [2.45, 2.75) is 32.6 Å². The molecular weight excluding hydrogens is 182 g/mol. The first-order valence-electron chi connectivity index (χ1n) is 4.92. The van der Waals surface area contributed by atoms with Crippen LogP contribution in [0.4, 0.5) is 0 Å². The number of guanidine groups is 1. The molecule has 0 saturated carbocycles. The zero-order valence-electron chi connectivity index (χ0n) is 8.62. The number of carboxylic acid groups (broad SMARTS) is 1. The lowest BCUT2D eigenvalue weighted by Crippen LogP contribution is -2.35. The maximum Gasteiger partial charge on any atom is 0.322 e. The fourth-order valence-corrected chi connectivity index (χ4v) is 0.960. The number of hydrogen-bond acceptors (Lipinski definition) is 2. The Balaban J connectivity index is 3.41. The molecule has 82 valence electrons. The Kier molecular flexibility index (Phi) is 7.59. The number of carboxylic acids is 1. The van der Waals surface area contributed by atoms with Crippen molar-refractivity contribution in [3.8, 4) is 0 Å². The lowest BCUT2D eigenvalue weighted by Gasteiger charge is -2.01. The molecule has 0 fully saturated rings. The molecule has 0 spiro atoms. The van der Waals surface area contributed by atoms with Gasteiger partial charge in [0.25, 0.3) is 0 Å². The molecule has 0 aromatic carbocycles. The summed E-state index contributed by atoms with van der Waals surface area (Å²) in [4.78, 5) is 14.1. The van der Waals surface area contributed by atoms with Crippen LogP contribution in [0.25, 0.3) is 0 Å². The van der Waals surface area contributed by atoms with Gasteiger partial charge in [-0.2, -0.15) is 0 Å². The number of nitrogens with one attached hydrogen (secondary N) is 1. The topological polar surface area (TPSA) is 87.7 Å². The molecule has 0 saturated heterocycles. The molecule has 0 heterocycles. The number of unbranched alkanes of at least 4 members (excludes halogenated alkanes) is 3. The SMILES string of the molecule is CCCCCCN=C(N)NCC(=O)O. The Labute approximate surface area is 84.4 Å². The quantitative estimate of drug-likeness (QED) is 0.319. The molecule has 5 heteroatoms. The highest BCUT2D eigenvalue weighted by Crippen LogP contribution is 1.98. The molecule has 0 rings (SSSR count). The molecule has 0 unspecified atom stereocenters. The van der Waals surface area contributed by atoms with E-state index >= 15 is 0 Å². The van der Waals surface area contributed by atoms with Crippen LogP contribution in [0.15, 0.2) is 4.99 Å². The van der Waals surface area contributed by atoms with E-state index in [1.807, 2.05) is 0 Å². The number of nitrogens with two attached hydrogens (primary N) is 1.